The number of nitrogens with zero attached hydrogens (tertiary/aromatic N) is 1. The number of ether oxygens (including phenoxy) is 1. The lowest BCUT2D eigenvalue weighted by atomic mass is 9.92. The van der Waals surface area contributed by atoms with Crippen LogP contribution in [0.2, 0.25) is 0 Å². The monoisotopic (exact) mass is 198 g/mol. The summed E-state index contributed by atoms with van der Waals surface area (Å²) in [6, 6.07) is 0.867. The smallest absolute Gasteiger partial charge is 0.0712 e. The van der Waals surface area contributed by atoms with E-state index in [1.54, 1.807) is 0 Å². The van der Waals surface area contributed by atoms with Gasteiger partial charge in [-0.25, -0.2) is 0 Å². The Hall–Kier alpha value is -0.120. The molecule has 0 amide bonds. The van der Waals surface area contributed by atoms with Crippen molar-refractivity contribution in [1.82, 2.24) is 10.2 Å². The van der Waals surface area contributed by atoms with Crippen molar-refractivity contribution in [3.05, 3.63) is 0 Å². The van der Waals surface area contributed by atoms with E-state index in [9.17, 15) is 0 Å². The lowest BCUT2D eigenvalue weighted by molar-refractivity contribution is 0.0138. The molecule has 0 spiro atoms. The molecule has 0 aromatic carbocycles. The largest absolute Gasteiger partial charge is 0.376 e. The van der Waals surface area contributed by atoms with E-state index in [1.807, 2.05) is 0 Å². The summed E-state index contributed by atoms with van der Waals surface area (Å²) >= 11 is 0. The molecule has 1 heterocycles. The van der Waals surface area contributed by atoms with E-state index in [1.165, 1.54) is 32.2 Å². The molecular formula is C11H22N2O. The molecule has 0 aromatic heterocycles. The minimum atomic E-state index is 0.450. The Kier molecular flexibility index (Phi) is 3.79. The first-order valence-electron chi connectivity index (χ1n) is 5.89. The predicted octanol–water partition coefficient (Wildman–Crippen LogP) is 0.849. The third-order valence-corrected chi connectivity index (χ3v) is 3.51. The van der Waals surface area contributed by atoms with E-state index < -0.39 is 0 Å². The van der Waals surface area contributed by atoms with E-state index >= 15 is 0 Å². The molecule has 1 saturated carbocycles. The third kappa shape index (κ3) is 2.69. The van der Waals surface area contributed by atoms with E-state index in [4.69, 9.17) is 4.74 Å². The van der Waals surface area contributed by atoms with Crippen LogP contribution in [-0.2, 0) is 4.74 Å². The molecule has 1 atom stereocenters. The molecule has 2 rings (SSSR count). The van der Waals surface area contributed by atoms with Crippen molar-refractivity contribution >= 4 is 0 Å². The highest BCUT2D eigenvalue weighted by Gasteiger charge is 2.22. The van der Waals surface area contributed by atoms with E-state index in [0.717, 1.165) is 25.7 Å². The lowest BCUT2D eigenvalue weighted by Crippen LogP contribution is -2.42. The van der Waals surface area contributed by atoms with Crippen LogP contribution in [0, 0.1) is 0 Å². The van der Waals surface area contributed by atoms with Crippen LogP contribution in [-0.4, -0.2) is 50.3 Å². The molecule has 0 aromatic rings. The molecule has 14 heavy (non-hydrogen) atoms. The van der Waals surface area contributed by atoms with Gasteiger partial charge in [0.05, 0.1) is 12.7 Å². The second kappa shape index (κ2) is 5.10. The first kappa shape index (κ1) is 10.4. The maximum atomic E-state index is 5.67. The Labute approximate surface area is 86.8 Å². The fourth-order valence-electron chi connectivity index (χ4n) is 2.16. The predicted molar refractivity (Wildman–Crippen MR) is 57.5 cm³/mol. The Morgan fingerprint density at radius 2 is 2.29 bits per heavy atom. The topological polar surface area (TPSA) is 24.5 Å². The summed E-state index contributed by atoms with van der Waals surface area (Å²) in [7, 11) is 2.25. The number of morpholine rings is 1. The zero-order chi connectivity index (χ0) is 9.80. The van der Waals surface area contributed by atoms with Crippen LogP contribution in [0.25, 0.3) is 0 Å². The zero-order valence-electron chi connectivity index (χ0n) is 9.17. The third-order valence-electron chi connectivity index (χ3n) is 3.51. The summed E-state index contributed by atoms with van der Waals surface area (Å²) in [4.78, 5) is 2.50. The van der Waals surface area contributed by atoms with E-state index in [0.29, 0.717) is 6.10 Å². The SMILES string of the molecule is CN(CCC1CNCCO1)C1CCC1. The van der Waals surface area contributed by atoms with Gasteiger partial charge in [-0.3, -0.25) is 0 Å². The Morgan fingerprint density at radius 3 is 2.86 bits per heavy atom. The van der Waals surface area contributed by atoms with Crippen molar-refractivity contribution in [2.75, 3.05) is 33.3 Å². The molecule has 0 radical (unpaired) electrons. The Balaban J connectivity index is 1.60. The van der Waals surface area contributed by atoms with Gasteiger partial charge < -0.3 is 15.0 Å². The van der Waals surface area contributed by atoms with Gasteiger partial charge in [0.1, 0.15) is 0 Å². The highest BCUT2D eigenvalue weighted by atomic mass is 16.5. The molecule has 2 aliphatic rings. The molecule has 1 N–H and O–H groups in total. The van der Waals surface area contributed by atoms with Gasteiger partial charge in [0.25, 0.3) is 0 Å². The van der Waals surface area contributed by atoms with Crippen LogP contribution < -0.4 is 5.32 Å². The van der Waals surface area contributed by atoms with Crippen molar-refractivity contribution < 1.29 is 4.74 Å². The van der Waals surface area contributed by atoms with Crippen LogP contribution in [0.15, 0.2) is 0 Å². The minimum Gasteiger partial charge on any atom is -0.376 e. The number of rotatable bonds is 4. The van der Waals surface area contributed by atoms with Gasteiger partial charge in [-0.2, -0.15) is 0 Å². The fourth-order valence-corrected chi connectivity index (χ4v) is 2.16. The zero-order valence-corrected chi connectivity index (χ0v) is 9.17. The summed E-state index contributed by atoms with van der Waals surface area (Å²) in [6.45, 7) is 4.14. The van der Waals surface area contributed by atoms with Crippen LogP contribution in [0.1, 0.15) is 25.7 Å². The van der Waals surface area contributed by atoms with Gasteiger partial charge >= 0.3 is 0 Å². The van der Waals surface area contributed by atoms with Gasteiger partial charge in [0.2, 0.25) is 0 Å². The lowest BCUT2D eigenvalue weighted by Gasteiger charge is -2.35. The van der Waals surface area contributed by atoms with Crippen molar-refractivity contribution in [3.8, 4) is 0 Å². The first-order chi connectivity index (χ1) is 6.86. The highest BCUT2D eigenvalue weighted by molar-refractivity contribution is 4.79. The molecule has 3 nitrogen and oxygen atoms in total. The number of hydrogen-bond acceptors (Lipinski definition) is 3. The van der Waals surface area contributed by atoms with Gasteiger partial charge in [-0.05, 0) is 26.3 Å². The molecular weight excluding hydrogens is 176 g/mol. The summed E-state index contributed by atoms with van der Waals surface area (Å²) in [6.07, 6.45) is 5.86. The van der Waals surface area contributed by atoms with Gasteiger partial charge in [-0.15, -0.1) is 0 Å². The molecule has 1 aliphatic carbocycles. The van der Waals surface area contributed by atoms with Crippen molar-refractivity contribution in [2.24, 2.45) is 0 Å². The molecule has 2 fully saturated rings. The second-order valence-electron chi connectivity index (χ2n) is 4.55. The number of hydrogen-bond donors (Lipinski definition) is 1. The maximum absolute atomic E-state index is 5.67. The quantitative estimate of drug-likeness (QED) is 0.725. The molecule has 0 bridgehead atoms. The van der Waals surface area contributed by atoms with Crippen molar-refractivity contribution in [3.63, 3.8) is 0 Å². The second-order valence-corrected chi connectivity index (χ2v) is 4.55. The Bertz CT molecular complexity index is 163. The Morgan fingerprint density at radius 1 is 1.43 bits per heavy atom. The van der Waals surface area contributed by atoms with Gasteiger partial charge in [0, 0.05) is 25.7 Å². The van der Waals surface area contributed by atoms with Gasteiger partial charge in [-0.1, -0.05) is 6.42 Å². The van der Waals surface area contributed by atoms with Crippen LogP contribution in [0.4, 0.5) is 0 Å². The van der Waals surface area contributed by atoms with Gasteiger partial charge in [0.15, 0.2) is 0 Å². The average molecular weight is 198 g/mol. The molecule has 3 heteroatoms. The molecule has 82 valence electrons. The summed E-state index contributed by atoms with van der Waals surface area (Å²) in [5.41, 5.74) is 0. The molecule has 1 aliphatic heterocycles. The van der Waals surface area contributed by atoms with E-state index in [-0.39, 0.29) is 0 Å². The summed E-state index contributed by atoms with van der Waals surface area (Å²) in [5.74, 6) is 0. The molecule has 1 saturated heterocycles. The minimum absolute atomic E-state index is 0.450. The summed E-state index contributed by atoms with van der Waals surface area (Å²) in [5, 5.41) is 3.37. The average Bonchev–Trinajstić information content (AvgIpc) is 2.14. The fraction of sp³-hybridized carbons (Fsp3) is 1.00. The standard InChI is InChI=1S/C11H22N2O/c1-13(10-3-2-4-10)7-5-11-9-12-6-8-14-11/h10-12H,2-9H2,1H3. The van der Waals surface area contributed by atoms with Crippen LogP contribution >= 0.6 is 0 Å². The first-order valence-corrected chi connectivity index (χ1v) is 5.89. The van der Waals surface area contributed by atoms with Crippen molar-refractivity contribution in [1.29, 1.82) is 0 Å². The van der Waals surface area contributed by atoms with Crippen molar-refractivity contribution in [2.45, 2.75) is 37.8 Å². The maximum Gasteiger partial charge on any atom is 0.0712 e. The highest BCUT2D eigenvalue weighted by Crippen LogP contribution is 2.23. The molecule has 1 unspecified atom stereocenters. The normalized spacial score (nSPS) is 29.1. The van der Waals surface area contributed by atoms with Crippen LogP contribution in [0.5, 0.6) is 0 Å². The van der Waals surface area contributed by atoms with E-state index in [2.05, 4.69) is 17.3 Å². The number of nitrogens with one attached hydrogen (secondary N) is 1. The summed E-state index contributed by atoms with van der Waals surface area (Å²) < 4.78 is 5.67. The van der Waals surface area contributed by atoms with Crippen LogP contribution in [0.3, 0.4) is 0 Å².